The van der Waals surface area contributed by atoms with Crippen molar-refractivity contribution in [3.63, 3.8) is 0 Å². The minimum absolute atomic E-state index is 0.164. The van der Waals surface area contributed by atoms with Crippen LogP contribution in [0.25, 0.3) is 0 Å². The molecule has 0 atom stereocenters. The van der Waals surface area contributed by atoms with Gasteiger partial charge in [0.25, 0.3) is 0 Å². The Morgan fingerprint density at radius 1 is 1.33 bits per heavy atom. The quantitative estimate of drug-likeness (QED) is 0.824. The molecular formula is C14H13ClO2S. The topological polar surface area (TPSA) is 26.3 Å². The van der Waals surface area contributed by atoms with Crippen molar-refractivity contribution in [1.82, 2.24) is 0 Å². The van der Waals surface area contributed by atoms with Crippen LogP contribution in [0.5, 0.6) is 5.75 Å². The molecule has 0 saturated heterocycles. The van der Waals surface area contributed by atoms with Gasteiger partial charge in [0.2, 0.25) is 0 Å². The van der Waals surface area contributed by atoms with Gasteiger partial charge in [-0.3, -0.25) is 4.79 Å². The van der Waals surface area contributed by atoms with E-state index in [1.165, 1.54) is 0 Å². The highest BCUT2D eigenvalue weighted by Crippen LogP contribution is 2.21. The van der Waals surface area contributed by atoms with Crippen LogP contribution in [0.4, 0.5) is 0 Å². The van der Waals surface area contributed by atoms with E-state index in [9.17, 15) is 4.79 Å². The van der Waals surface area contributed by atoms with Crippen molar-refractivity contribution >= 4 is 28.7 Å². The number of halogens is 1. The van der Waals surface area contributed by atoms with E-state index < -0.39 is 0 Å². The van der Waals surface area contributed by atoms with Crippen molar-refractivity contribution in [2.24, 2.45) is 0 Å². The number of Topliss-reactive ketones (excluding diaryl/α,β-unsaturated/α-hetero) is 1. The Kier molecular flexibility index (Phi) is 4.39. The predicted octanol–water partition coefficient (Wildman–Crippen LogP) is 4.11. The molecule has 4 heteroatoms. The van der Waals surface area contributed by atoms with Crippen LogP contribution in [-0.2, 0) is 17.8 Å². The molecule has 2 nitrogen and oxygen atoms in total. The Balaban J connectivity index is 1.92. The molecule has 1 aromatic heterocycles. The van der Waals surface area contributed by atoms with E-state index >= 15 is 0 Å². The molecule has 1 heterocycles. The number of hydrogen-bond acceptors (Lipinski definition) is 3. The lowest BCUT2D eigenvalue weighted by molar-refractivity contribution is -0.116. The summed E-state index contributed by atoms with van der Waals surface area (Å²) >= 11 is 7.41. The molecule has 0 aliphatic rings. The maximum atomic E-state index is 11.0. The van der Waals surface area contributed by atoms with E-state index in [1.807, 2.05) is 35.7 Å². The van der Waals surface area contributed by atoms with Gasteiger partial charge < -0.3 is 4.74 Å². The zero-order valence-electron chi connectivity index (χ0n) is 9.98. The molecule has 0 bridgehead atoms. The van der Waals surface area contributed by atoms with Crippen molar-refractivity contribution < 1.29 is 9.53 Å². The number of hydrogen-bond donors (Lipinski definition) is 0. The second-order valence-electron chi connectivity index (χ2n) is 4.04. The smallest absolute Gasteiger partial charge is 0.134 e. The summed E-state index contributed by atoms with van der Waals surface area (Å²) in [6.07, 6.45) is 0.473. The van der Waals surface area contributed by atoms with E-state index in [0.717, 1.165) is 21.2 Å². The molecule has 1 aromatic carbocycles. The van der Waals surface area contributed by atoms with E-state index in [4.69, 9.17) is 16.3 Å². The van der Waals surface area contributed by atoms with Gasteiger partial charge in [0.1, 0.15) is 18.1 Å². The zero-order valence-corrected chi connectivity index (χ0v) is 11.6. The van der Waals surface area contributed by atoms with Crippen LogP contribution in [0.3, 0.4) is 0 Å². The summed E-state index contributed by atoms with van der Waals surface area (Å²) in [4.78, 5) is 12.1. The first-order valence-corrected chi connectivity index (χ1v) is 6.83. The van der Waals surface area contributed by atoms with E-state index in [1.54, 1.807) is 18.3 Å². The summed E-state index contributed by atoms with van der Waals surface area (Å²) < 4.78 is 5.63. The third-order valence-corrected chi connectivity index (χ3v) is 3.64. The number of thiophene rings is 1. The fraction of sp³-hybridized carbons (Fsp3) is 0.214. The minimum Gasteiger partial charge on any atom is -0.488 e. The van der Waals surface area contributed by atoms with Crippen LogP contribution < -0.4 is 4.74 Å². The fourth-order valence-electron chi connectivity index (χ4n) is 1.57. The van der Waals surface area contributed by atoms with Crippen molar-refractivity contribution in [3.8, 4) is 5.75 Å². The number of carbonyl (C=O) groups excluding carboxylic acids is 1. The van der Waals surface area contributed by atoms with Gasteiger partial charge in [-0.15, -0.1) is 11.3 Å². The van der Waals surface area contributed by atoms with Gasteiger partial charge in [-0.2, -0.15) is 0 Å². The molecule has 0 N–H and O–H groups in total. The summed E-state index contributed by atoms with van der Waals surface area (Å²) in [5, 5.41) is 2.63. The molecule has 0 saturated carbocycles. The van der Waals surface area contributed by atoms with E-state index in [2.05, 4.69) is 0 Å². The molecule has 0 amide bonds. The third kappa shape index (κ3) is 3.86. The van der Waals surface area contributed by atoms with Gasteiger partial charge in [0, 0.05) is 16.7 Å². The number of benzene rings is 1. The Morgan fingerprint density at radius 2 is 2.06 bits per heavy atom. The second kappa shape index (κ2) is 6.03. The monoisotopic (exact) mass is 280 g/mol. The fourth-order valence-corrected chi connectivity index (χ4v) is 2.56. The number of ether oxygens (including phenoxy) is 1. The first-order valence-electron chi connectivity index (χ1n) is 5.57. The lowest BCUT2D eigenvalue weighted by Gasteiger charge is -2.05. The van der Waals surface area contributed by atoms with Crippen LogP contribution >= 0.6 is 22.9 Å². The average molecular weight is 281 g/mol. The molecule has 0 unspecified atom stereocenters. The summed E-state index contributed by atoms with van der Waals surface area (Å²) in [5.74, 6) is 0.962. The maximum Gasteiger partial charge on any atom is 0.134 e. The lowest BCUT2D eigenvalue weighted by Crippen LogP contribution is -1.97. The van der Waals surface area contributed by atoms with E-state index in [0.29, 0.717) is 13.0 Å². The summed E-state index contributed by atoms with van der Waals surface area (Å²) in [5.41, 5.74) is 1.01. The number of rotatable bonds is 5. The minimum atomic E-state index is 0.164. The highest BCUT2D eigenvalue weighted by atomic mass is 35.5. The zero-order chi connectivity index (χ0) is 13.0. The van der Waals surface area contributed by atoms with Crippen molar-refractivity contribution in [3.05, 3.63) is 51.2 Å². The maximum absolute atomic E-state index is 11.0. The van der Waals surface area contributed by atoms with Gasteiger partial charge in [-0.05, 0) is 30.7 Å². The Bertz CT molecular complexity index is 531. The van der Waals surface area contributed by atoms with Crippen LogP contribution in [0.1, 0.15) is 17.4 Å². The van der Waals surface area contributed by atoms with Crippen molar-refractivity contribution in [2.45, 2.75) is 20.0 Å². The molecule has 2 rings (SSSR count). The Morgan fingerprint density at radius 3 is 2.61 bits per heavy atom. The SMILES string of the molecule is CC(=O)Cc1ccc(OCc2cc(Cl)cs2)cc1. The molecule has 0 radical (unpaired) electrons. The van der Waals surface area contributed by atoms with Gasteiger partial charge in [0.05, 0.1) is 5.02 Å². The molecule has 0 aliphatic carbocycles. The molecule has 2 aromatic rings. The predicted molar refractivity (Wildman–Crippen MR) is 74.5 cm³/mol. The molecule has 0 fully saturated rings. The largest absolute Gasteiger partial charge is 0.488 e. The van der Waals surface area contributed by atoms with Crippen LogP contribution in [0, 0.1) is 0 Å². The van der Waals surface area contributed by atoms with Crippen LogP contribution in [-0.4, -0.2) is 5.78 Å². The van der Waals surface area contributed by atoms with Gasteiger partial charge in [-0.1, -0.05) is 23.7 Å². The first kappa shape index (κ1) is 13.1. The van der Waals surface area contributed by atoms with Gasteiger partial charge >= 0.3 is 0 Å². The van der Waals surface area contributed by atoms with E-state index in [-0.39, 0.29) is 5.78 Å². The lowest BCUT2D eigenvalue weighted by atomic mass is 10.1. The molecule has 0 spiro atoms. The molecular weight excluding hydrogens is 268 g/mol. The highest BCUT2D eigenvalue weighted by Gasteiger charge is 2.01. The average Bonchev–Trinajstić information content (AvgIpc) is 2.74. The van der Waals surface area contributed by atoms with Crippen LogP contribution in [0.2, 0.25) is 5.02 Å². The third-order valence-electron chi connectivity index (χ3n) is 2.38. The van der Waals surface area contributed by atoms with Crippen LogP contribution in [0.15, 0.2) is 35.7 Å². The second-order valence-corrected chi connectivity index (χ2v) is 5.47. The van der Waals surface area contributed by atoms with Crippen molar-refractivity contribution in [2.75, 3.05) is 0 Å². The molecule has 0 aliphatic heterocycles. The Labute approximate surface area is 115 Å². The number of carbonyl (C=O) groups is 1. The first-order chi connectivity index (χ1) is 8.63. The normalized spacial score (nSPS) is 10.3. The molecule has 94 valence electrons. The van der Waals surface area contributed by atoms with Crippen molar-refractivity contribution in [1.29, 1.82) is 0 Å². The van der Waals surface area contributed by atoms with Gasteiger partial charge in [-0.25, -0.2) is 0 Å². The van der Waals surface area contributed by atoms with Gasteiger partial charge in [0.15, 0.2) is 0 Å². The number of ketones is 1. The molecule has 18 heavy (non-hydrogen) atoms. The summed E-state index contributed by atoms with van der Waals surface area (Å²) in [7, 11) is 0. The standard InChI is InChI=1S/C14H13ClO2S/c1-10(16)6-11-2-4-13(5-3-11)17-8-14-7-12(15)9-18-14/h2-5,7,9H,6,8H2,1H3. The Hall–Kier alpha value is -1.32. The summed E-state index contributed by atoms with van der Waals surface area (Å²) in [6, 6.07) is 9.49. The summed E-state index contributed by atoms with van der Waals surface area (Å²) in [6.45, 7) is 2.11. The highest BCUT2D eigenvalue weighted by molar-refractivity contribution is 7.10.